The van der Waals surface area contributed by atoms with Crippen molar-refractivity contribution in [3.63, 3.8) is 0 Å². The predicted octanol–water partition coefficient (Wildman–Crippen LogP) is 3.67. The quantitative estimate of drug-likeness (QED) is 0.807. The van der Waals surface area contributed by atoms with Crippen LogP contribution in [0.2, 0.25) is 5.02 Å². The Hall–Kier alpha value is -1.36. The zero-order valence-electron chi connectivity index (χ0n) is 13.5. The lowest BCUT2D eigenvalue weighted by atomic mass is 10.0. The van der Waals surface area contributed by atoms with Crippen molar-refractivity contribution in [2.24, 2.45) is 0 Å². The number of carbonyl (C=O) groups excluding carboxylic acids is 1. The Kier molecular flexibility index (Phi) is 3.59. The number of ether oxygens (including phenoxy) is 1. The number of fused-ring (bicyclic) bond motifs is 1. The van der Waals surface area contributed by atoms with E-state index in [9.17, 15) is 4.79 Å². The smallest absolute Gasteiger partial charge is 0.327 e. The molecule has 21 heavy (non-hydrogen) atoms. The van der Waals surface area contributed by atoms with E-state index in [2.05, 4.69) is 0 Å². The summed E-state index contributed by atoms with van der Waals surface area (Å²) in [5.41, 5.74) is 1.18. The molecule has 1 aromatic heterocycles. The summed E-state index contributed by atoms with van der Waals surface area (Å²) < 4.78 is 22.0. The third-order valence-electron chi connectivity index (χ3n) is 3.53. The van der Waals surface area contributed by atoms with Gasteiger partial charge < -0.3 is 4.74 Å². The lowest BCUT2D eigenvalue weighted by Gasteiger charge is -2.33. The summed E-state index contributed by atoms with van der Waals surface area (Å²) >= 11 is 7.80. The molecule has 1 aliphatic heterocycles. The summed E-state index contributed by atoms with van der Waals surface area (Å²) in [4.78, 5) is 15.0. The summed E-state index contributed by atoms with van der Waals surface area (Å²) in [5.74, 6) is -0.513. The standard InChI is InChI=1S/C16H16ClNO2S/c1-20-16(19)15(12-4-2-3-5-13(12)17)18-8-6-14-11(10-18)7-9-21-14/h2-5,7,9,15H,6,8,10H2,1H3/t15-/m0/s1/i10D2. The van der Waals surface area contributed by atoms with E-state index in [1.807, 2.05) is 5.38 Å². The van der Waals surface area contributed by atoms with Gasteiger partial charge in [0.1, 0.15) is 6.04 Å². The summed E-state index contributed by atoms with van der Waals surface area (Å²) in [7, 11) is 1.31. The summed E-state index contributed by atoms with van der Waals surface area (Å²) in [6, 6.07) is 7.91. The van der Waals surface area contributed by atoms with Crippen LogP contribution >= 0.6 is 22.9 Å². The molecule has 0 saturated carbocycles. The highest BCUT2D eigenvalue weighted by atomic mass is 35.5. The molecule has 0 bridgehead atoms. The van der Waals surface area contributed by atoms with Crippen LogP contribution < -0.4 is 0 Å². The van der Waals surface area contributed by atoms with Gasteiger partial charge in [-0.2, -0.15) is 0 Å². The molecule has 0 saturated heterocycles. The van der Waals surface area contributed by atoms with Crippen molar-refractivity contribution in [2.75, 3.05) is 13.7 Å². The molecule has 0 fully saturated rings. The second kappa shape index (κ2) is 6.18. The number of halogens is 1. The lowest BCUT2D eigenvalue weighted by molar-refractivity contribution is -0.147. The Balaban J connectivity index is 2.08. The van der Waals surface area contributed by atoms with Crippen molar-refractivity contribution in [1.82, 2.24) is 4.90 Å². The fourth-order valence-electron chi connectivity index (χ4n) is 2.49. The van der Waals surface area contributed by atoms with E-state index in [1.54, 1.807) is 41.7 Å². The highest BCUT2D eigenvalue weighted by molar-refractivity contribution is 7.10. The van der Waals surface area contributed by atoms with Gasteiger partial charge in [-0.3, -0.25) is 4.90 Å². The molecule has 0 radical (unpaired) electrons. The van der Waals surface area contributed by atoms with Gasteiger partial charge >= 0.3 is 5.97 Å². The monoisotopic (exact) mass is 323 g/mol. The maximum absolute atomic E-state index is 12.4. The van der Waals surface area contributed by atoms with E-state index in [0.717, 1.165) is 4.88 Å². The highest BCUT2D eigenvalue weighted by Crippen LogP contribution is 2.33. The lowest BCUT2D eigenvalue weighted by Crippen LogP contribution is -2.38. The molecular formula is C16H16ClNO2S. The number of esters is 1. The summed E-state index contributed by atoms with van der Waals surface area (Å²) in [6.07, 6.45) is 0.699. The Morgan fingerprint density at radius 3 is 3.05 bits per heavy atom. The second-order valence-corrected chi connectivity index (χ2v) is 6.17. The van der Waals surface area contributed by atoms with Gasteiger partial charge in [0, 0.05) is 25.7 Å². The minimum absolute atomic E-state index is 0.422. The maximum atomic E-state index is 12.4. The average molecular weight is 324 g/mol. The predicted molar refractivity (Wildman–Crippen MR) is 84.6 cm³/mol. The minimum Gasteiger partial charge on any atom is -0.468 e. The van der Waals surface area contributed by atoms with Gasteiger partial charge in [0.15, 0.2) is 0 Å². The Bertz CT molecular complexity index is 734. The average Bonchev–Trinajstić information content (AvgIpc) is 3.01. The van der Waals surface area contributed by atoms with Crippen LogP contribution in [0.5, 0.6) is 0 Å². The van der Waals surface area contributed by atoms with E-state index in [4.69, 9.17) is 19.1 Å². The molecule has 5 heteroatoms. The van der Waals surface area contributed by atoms with Gasteiger partial charge in [0.05, 0.1) is 7.11 Å². The van der Waals surface area contributed by atoms with Crippen LogP contribution in [0.4, 0.5) is 0 Å². The van der Waals surface area contributed by atoms with Crippen LogP contribution in [0.3, 0.4) is 0 Å². The van der Waals surface area contributed by atoms with Gasteiger partial charge in [-0.15, -0.1) is 11.3 Å². The van der Waals surface area contributed by atoms with Gasteiger partial charge in [-0.1, -0.05) is 29.8 Å². The van der Waals surface area contributed by atoms with E-state index >= 15 is 0 Å². The van der Waals surface area contributed by atoms with Crippen molar-refractivity contribution in [3.8, 4) is 0 Å². The number of carbonyl (C=O) groups is 1. The van der Waals surface area contributed by atoms with Crippen LogP contribution in [0, 0.1) is 0 Å². The number of benzene rings is 1. The molecule has 0 unspecified atom stereocenters. The van der Waals surface area contributed by atoms with Crippen LogP contribution in [0.15, 0.2) is 35.7 Å². The number of methoxy groups -OCH3 is 1. The third-order valence-corrected chi connectivity index (χ3v) is 4.85. The Labute approximate surface area is 135 Å². The number of rotatable bonds is 3. The molecule has 0 N–H and O–H groups in total. The van der Waals surface area contributed by atoms with E-state index in [-0.39, 0.29) is 0 Å². The fraction of sp³-hybridized carbons (Fsp3) is 0.312. The molecule has 1 atom stereocenters. The largest absolute Gasteiger partial charge is 0.468 e. The molecule has 0 aliphatic carbocycles. The SMILES string of the molecule is [2H]C1([2H])c2ccsc2CCN1[C@H](C(=O)OC)c1ccccc1Cl. The van der Waals surface area contributed by atoms with Crippen LogP contribution in [-0.4, -0.2) is 24.5 Å². The summed E-state index contributed by atoms with van der Waals surface area (Å²) in [5, 5.41) is 2.31. The molecule has 110 valence electrons. The number of hydrogen-bond acceptors (Lipinski definition) is 4. The highest BCUT2D eigenvalue weighted by Gasteiger charge is 2.32. The van der Waals surface area contributed by atoms with Crippen LogP contribution in [0.1, 0.15) is 24.8 Å². The first kappa shape index (κ1) is 12.2. The summed E-state index contributed by atoms with van der Waals surface area (Å²) in [6.45, 7) is -1.34. The topological polar surface area (TPSA) is 29.5 Å². The zero-order chi connectivity index (χ0) is 16.6. The first-order chi connectivity index (χ1) is 11.0. The van der Waals surface area contributed by atoms with E-state index < -0.39 is 18.5 Å². The van der Waals surface area contributed by atoms with Crippen LogP contribution in [0.25, 0.3) is 0 Å². The van der Waals surface area contributed by atoms with Gasteiger partial charge in [-0.25, -0.2) is 4.79 Å². The Morgan fingerprint density at radius 1 is 1.48 bits per heavy atom. The molecule has 2 heterocycles. The van der Waals surface area contributed by atoms with Crippen molar-refractivity contribution in [2.45, 2.75) is 19.0 Å². The molecule has 1 aliphatic rings. The van der Waals surface area contributed by atoms with Gasteiger partial charge in [-0.05, 0) is 35.1 Å². The molecular weight excluding hydrogens is 306 g/mol. The fourth-order valence-corrected chi connectivity index (χ4v) is 3.55. The van der Waals surface area contributed by atoms with E-state index in [1.165, 1.54) is 12.0 Å². The second-order valence-electron chi connectivity index (χ2n) is 4.76. The zero-order valence-corrected chi connectivity index (χ0v) is 13.1. The van der Waals surface area contributed by atoms with E-state index in [0.29, 0.717) is 29.1 Å². The first-order valence-corrected chi connectivity index (χ1v) is 7.88. The molecule has 1 aromatic carbocycles. The normalized spacial score (nSPS) is 20.1. The van der Waals surface area contributed by atoms with Crippen molar-refractivity contribution < 1.29 is 12.3 Å². The molecule has 0 spiro atoms. The molecule has 2 aromatic rings. The minimum atomic E-state index is -1.76. The molecule has 3 nitrogen and oxygen atoms in total. The van der Waals surface area contributed by atoms with Gasteiger partial charge in [0.2, 0.25) is 0 Å². The maximum Gasteiger partial charge on any atom is 0.327 e. The Morgan fingerprint density at radius 2 is 2.29 bits per heavy atom. The van der Waals surface area contributed by atoms with Crippen molar-refractivity contribution in [3.05, 3.63) is 56.7 Å². The number of nitrogens with zero attached hydrogens (tertiary/aromatic N) is 1. The number of thiophene rings is 1. The van der Waals surface area contributed by atoms with Crippen molar-refractivity contribution in [1.29, 1.82) is 0 Å². The van der Waals surface area contributed by atoms with Crippen molar-refractivity contribution >= 4 is 28.9 Å². The third kappa shape index (κ3) is 2.84. The number of hydrogen-bond donors (Lipinski definition) is 0. The molecule has 3 rings (SSSR count). The van der Waals surface area contributed by atoms with Crippen LogP contribution in [-0.2, 0) is 22.4 Å². The molecule has 0 amide bonds. The first-order valence-electron chi connectivity index (χ1n) is 7.62. The van der Waals surface area contributed by atoms with Gasteiger partial charge in [0.25, 0.3) is 0 Å².